The van der Waals surface area contributed by atoms with Crippen LogP contribution >= 0.6 is 11.6 Å². The van der Waals surface area contributed by atoms with Gasteiger partial charge in [-0.15, -0.1) is 0 Å². The molecular formula is C26H36ClN3O4S. The molecule has 1 aliphatic rings. The molecule has 1 heterocycles. The third kappa shape index (κ3) is 7.67. The van der Waals surface area contributed by atoms with E-state index >= 15 is 0 Å². The molecule has 3 N–H and O–H groups in total. The Bertz CT molecular complexity index is 1110. The summed E-state index contributed by atoms with van der Waals surface area (Å²) in [6, 6.07) is 13.6. The molecule has 0 radical (unpaired) electrons. The average Bonchev–Trinajstić information content (AvgIpc) is 2.81. The van der Waals surface area contributed by atoms with Crippen LogP contribution in [0.3, 0.4) is 0 Å². The highest BCUT2D eigenvalue weighted by Gasteiger charge is 2.29. The van der Waals surface area contributed by atoms with Crippen molar-refractivity contribution in [2.45, 2.75) is 63.7 Å². The van der Waals surface area contributed by atoms with Gasteiger partial charge in [0.25, 0.3) is 0 Å². The quantitative estimate of drug-likeness (QED) is 0.401. The highest BCUT2D eigenvalue weighted by Crippen LogP contribution is 2.32. The maximum absolute atomic E-state index is 12.4. The zero-order valence-corrected chi connectivity index (χ0v) is 22.2. The van der Waals surface area contributed by atoms with E-state index in [9.17, 15) is 18.3 Å². The molecule has 1 saturated heterocycles. The van der Waals surface area contributed by atoms with E-state index in [2.05, 4.69) is 21.0 Å². The number of aryl methyl sites for hydroxylation is 1. The number of sulfonamides is 1. The molecule has 2 atom stereocenters. The van der Waals surface area contributed by atoms with E-state index in [1.807, 2.05) is 43.3 Å². The van der Waals surface area contributed by atoms with Crippen LogP contribution in [0.15, 0.2) is 42.5 Å². The maximum atomic E-state index is 12.4. The number of hydrogen-bond donors (Lipinski definition) is 3. The molecule has 0 bridgehead atoms. The SMILES string of the molecule is Cc1cc(N2CCC(O)C(c3ccc(Cl)cc3)C2)ccc1NC(=O)CCCCNS(=O)(=O)C(C)C. The number of carbonyl (C=O) groups excluding carboxylic acids is 1. The third-order valence-corrected chi connectivity index (χ3v) is 8.58. The van der Waals surface area contributed by atoms with Crippen LogP contribution in [0.5, 0.6) is 0 Å². The average molecular weight is 522 g/mol. The Morgan fingerprint density at radius 2 is 1.89 bits per heavy atom. The lowest BCUT2D eigenvalue weighted by atomic mass is 9.87. The number of amides is 1. The van der Waals surface area contributed by atoms with Crippen LogP contribution in [0, 0.1) is 6.92 Å². The zero-order chi connectivity index (χ0) is 25.6. The molecule has 35 heavy (non-hydrogen) atoms. The van der Waals surface area contributed by atoms with Crippen LogP contribution in [0.25, 0.3) is 0 Å². The Hall–Kier alpha value is -2.13. The topological polar surface area (TPSA) is 98.7 Å². The van der Waals surface area contributed by atoms with Crippen molar-refractivity contribution < 1.29 is 18.3 Å². The van der Waals surface area contributed by atoms with Crippen LogP contribution in [-0.4, -0.2) is 50.4 Å². The summed E-state index contributed by atoms with van der Waals surface area (Å²) >= 11 is 6.02. The summed E-state index contributed by atoms with van der Waals surface area (Å²) in [5.41, 5.74) is 3.87. The van der Waals surface area contributed by atoms with E-state index in [1.54, 1.807) is 13.8 Å². The third-order valence-electron chi connectivity index (χ3n) is 6.48. The Morgan fingerprint density at radius 1 is 1.17 bits per heavy atom. The van der Waals surface area contributed by atoms with Gasteiger partial charge in [0.2, 0.25) is 15.9 Å². The molecule has 7 nitrogen and oxygen atoms in total. The van der Waals surface area contributed by atoms with Crippen LogP contribution in [-0.2, 0) is 14.8 Å². The fourth-order valence-electron chi connectivity index (χ4n) is 4.20. The zero-order valence-electron chi connectivity index (χ0n) is 20.6. The van der Waals surface area contributed by atoms with E-state index in [-0.39, 0.29) is 11.8 Å². The molecule has 2 aromatic carbocycles. The molecule has 0 aliphatic carbocycles. The van der Waals surface area contributed by atoms with Crippen molar-refractivity contribution >= 4 is 38.9 Å². The first kappa shape index (κ1) is 27.5. The van der Waals surface area contributed by atoms with Gasteiger partial charge in [-0.3, -0.25) is 4.79 Å². The molecule has 0 spiro atoms. The van der Waals surface area contributed by atoms with Crippen LogP contribution in [0.4, 0.5) is 11.4 Å². The number of nitrogens with zero attached hydrogens (tertiary/aromatic N) is 1. The van der Waals surface area contributed by atoms with Gasteiger partial charge in [-0.1, -0.05) is 23.7 Å². The number of piperidine rings is 1. The Balaban J connectivity index is 1.52. The van der Waals surface area contributed by atoms with Crippen LogP contribution in [0.2, 0.25) is 5.02 Å². The molecule has 0 saturated carbocycles. The van der Waals surface area contributed by atoms with E-state index in [0.29, 0.717) is 43.8 Å². The Labute approximate surface area is 213 Å². The van der Waals surface area contributed by atoms with Crippen LogP contribution < -0.4 is 14.9 Å². The van der Waals surface area contributed by atoms with Gasteiger partial charge in [0.05, 0.1) is 11.4 Å². The van der Waals surface area contributed by atoms with Crippen molar-refractivity contribution in [3.8, 4) is 0 Å². The van der Waals surface area contributed by atoms with Crippen molar-refractivity contribution in [2.24, 2.45) is 0 Å². The highest BCUT2D eigenvalue weighted by molar-refractivity contribution is 7.90. The first-order valence-electron chi connectivity index (χ1n) is 12.1. The number of carbonyl (C=O) groups is 1. The summed E-state index contributed by atoms with van der Waals surface area (Å²) < 4.78 is 26.1. The van der Waals surface area contributed by atoms with Gasteiger partial charge in [0, 0.05) is 48.4 Å². The lowest BCUT2D eigenvalue weighted by Gasteiger charge is -2.38. The first-order valence-corrected chi connectivity index (χ1v) is 14.1. The fraction of sp³-hybridized carbons (Fsp3) is 0.500. The van der Waals surface area contributed by atoms with Gasteiger partial charge in [-0.05, 0) is 81.5 Å². The summed E-state index contributed by atoms with van der Waals surface area (Å²) in [6.45, 7) is 7.04. The summed E-state index contributed by atoms with van der Waals surface area (Å²) in [5, 5.41) is 13.8. The second-order valence-corrected chi connectivity index (χ2v) is 12.2. The molecule has 0 aromatic heterocycles. The number of benzene rings is 2. The molecule has 1 aliphatic heterocycles. The fourth-order valence-corrected chi connectivity index (χ4v) is 5.09. The Kier molecular flexibility index (Phi) is 9.58. The number of hydrogen-bond acceptors (Lipinski definition) is 5. The van der Waals surface area contributed by atoms with Gasteiger partial charge in [0.1, 0.15) is 0 Å². The van der Waals surface area contributed by atoms with Crippen molar-refractivity contribution in [3.05, 3.63) is 58.6 Å². The molecular weight excluding hydrogens is 486 g/mol. The number of rotatable bonds is 10. The number of nitrogens with one attached hydrogen (secondary N) is 2. The predicted molar refractivity (Wildman–Crippen MR) is 143 cm³/mol. The first-order chi connectivity index (χ1) is 16.6. The van der Waals surface area contributed by atoms with E-state index in [1.165, 1.54) is 0 Å². The van der Waals surface area contributed by atoms with Crippen LogP contribution in [0.1, 0.15) is 56.6 Å². The maximum Gasteiger partial charge on any atom is 0.224 e. The number of aliphatic hydroxyl groups excluding tert-OH is 1. The monoisotopic (exact) mass is 521 g/mol. The number of aliphatic hydroxyl groups is 1. The molecule has 3 rings (SSSR count). The molecule has 1 fully saturated rings. The standard InChI is InChI=1S/C26H36ClN3O4S/c1-18(2)35(33,34)28-14-5-4-6-26(32)29-24-12-11-22(16-19(24)3)30-15-13-25(31)23(17-30)20-7-9-21(27)10-8-20/h7-12,16,18,23,25,28,31H,4-6,13-15,17H2,1-3H3,(H,29,32). The van der Waals surface area contributed by atoms with Crippen molar-refractivity contribution in [3.63, 3.8) is 0 Å². The molecule has 9 heteroatoms. The minimum absolute atomic E-state index is 0.00529. The normalized spacial score (nSPS) is 18.6. The minimum atomic E-state index is -3.26. The van der Waals surface area contributed by atoms with Gasteiger partial charge >= 0.3 is 0 Å². The van der Waals surface area contributed by atoms with Gasteiger partial charge in [0.15, 0.2) is 0 Å². The van der Waals surface area contributed by atoms with Gasteiger partial charge in [-0.2, -0.15) is 0 Å². The number of halogens is 1. The second-order valence-electron chi connectivity index (χ2n) is 9.45. The van der Waals surface area contributed by atoms with E-state index in [0.717, 1.165) is 29.0 Å². The van der Waals surface area contributed by atoms with E-state index < -0.39 is 21.4 Å². The summed E-state index contributed by atoms with van der Waals surface area (Å²) in [6.07, 6.45) is 1.82. The van der Waals surface area contributed by atoms with Crippen molar-refractivity contribution in [2.75, 3.05) is 29.9 Å². The largest absolute Gasteiger partial charge is 0.392 e. The molecule has 2 unspecified atom stereocenters. The number of anilines is 2. The smallest absolute Gasteiger partial charge is 0.224 e. The summed E-state index contributed by atoms with van der Waals surface area (Å²) in [5.74, 6) is -0.0813. The second kappa shape index (κ2) is 12.2. The summed E-state index contributed by atoms with van der Waals surface area (Å²) in [4.78, 5) is 14.6. The molecule has 1 amide bonds. The lowest BCUT2D eigenvalue weighted by molar-refractivity contribution is -0.116. The van der Waals surface area contributed by atoms with E-state index in [4.69, 9.17) is 11.6 Å². The van der Waals surface area contributed by atoms with Gasteiger partial charge < -0.3 is 15.3 Å². The van der Waals surface area contributed by atoms with Crippen molar-refractivity contribution in [1.29, 1.82) is 0 Å². The lowest BCUT2D eigenvalue weighted by Crippen LogP contribution is -2.42. The van der Waals surface area contributed by atoms with Crippen molar-refractivity contribution in [1.82, 2.24) is 4.72 Å². The molecule has 192 valence electrons. The summed E-state index contributed by atoms with van der Waals surface area (Å²) in [7, 11) is -3.26. The Morgan fingerprint density at radius 3 is 2.54 bits per heavy atom. The number of unbranched alkanes of at least 4 members (excludes halogenated alkanes) is 1. The predicted octanol–water partition coefficient (Wildman–Crippen LogP) is 4.44. The molecule has 2 aromatic rings. The van der Waals surface area contributed by atoms with Gasteiger partial charge in [-0.25, -0.2) is 13.1 Å². The minimum Gasteiger partial charge on any atom is -0.392 e. The highest BCUT2D eigenvalue weighted by atomic mass is 35.5.